The molecule has 0 aliphatic carbocycles. The lowest BCUT2D eigenvalue weighted by atomic mass is 10.1. The van der Waals surface area contributed by atoms with Crippen molar-refractivity contribution in [1.82, 2.24) is 5.32 Å². The fraction of sp³-hybridized carbons (Fsp3) is 0.500. The van der Waals surface area contributed by atoms with E-state index in [4.69, 9.17) is 19.9 Å². The van der Waals surface area contributed by atoms with Crippen LogP contribution in [-0.4, -0.2) is 32.3 Å². The van der Waals surface area contributed by atoms with Gasteiger partial charge < -0.3 is 25.3 Å². The molecule has 1 heterocycles. The van der Waals surface area contributed by atoms with E-state index >= 15 is 0 Å². The third-order valence-electron chi connectivity index (χ3n) is 3.05. The van der Waals surface area contributed by atoms with Crippen molar-refractivity contribution in [2.75, 3.05) is 20.3 Å². The quantitative estimate of drug-likeness (QED) is 0.806. The molecule has 6 nitrogen and oxygen atoms in total. The number of rotatable bonds is 6. The number of hydrogen-bond acceptors (Lipinski definition) is 5. The molecule has 0 fully saturated rings. The first-order valence-corrected chi connectivity index (χ1v) is 6.58. The molecule has 0 aromatic heterocycles. The number of fused-ring (bicyclic) bond motifs is 1. The van der Waals surface area contributed by atoms with Crippen molar-refractivity contribution < 1.29 is 19.0 Å². The fourth-order valence-electron chi connectivity index (χ4n) is 2.10. The van der Waals surface area contributed by atoms with Gasteiger partial charge in [0.25, 0.3) is 0 Å². The number of nitrogens with two attached hydrogens (primary N) is 1. The van der Waals surface area contributed by atoms with Gasteiger partial charge in [-0.15, -0.1) is 0 Å². The van der Waals surface area contributed by atoms with Gasteiger partial charge in [0.05, 0.1) is 7.11 Å². The zero-order chi connectivity index (χ0) is 14.5. The van der Waals surface area contributed by atoms with E-state index in [-0.39, 0.29) is 11.9 Å². The summed E-state index contributed by atoms with van der Waals surface area (Å²) >= 11 is 0. The van der Waals surface area contributed by atoms with Crippen LogP contribution in [0.3, 0.4) is 0 Å². The van der Waals surface area contributed by atoms with Crippen molar-refractivity contribution in [3.8, 4) is 17.2 Å². The van der Waals surface area contributed by atoms with Crippen LogP contribution < -0.4 is 25.3 Å². The standard InChI is InChI=1S/C14H20N2O4/c1-9(5-13(15)17)16-8-10-6-11(18-2)14-12(7-10)19-3-4-20-14/h6-7,9,16H,3-5,8H2,1-2H3,(H2,15,17). The van der Waals surface area contributed by atoms with E-state index in [0.29, 0.717) is 43.4 Å². The summed E-state index contributed by atoms with van der Waals surface area (Å²) in [5.41, 5.74) is 6.17. The molecule has 1 amide bonds. The van der Waals surface area contributed by atoms with Gasteiger partial charge in [0, 0.05) is 19.0 Å². The SMILES string of the molecule is COc1cc(CNC(C)CC(N)=O)cc2c1OCCO2. The number of nitrogens with one attached hydrogen (secondary N) is 1. The minimum Gasteiger partial charge on any atom is -0.493 e. The van der Waals surface area contributed by atoms with Gasteiger partial charge in [0.15, 0.2) is 11.5 Å². The van der Waals surface area contributed by atoms with Gasteiger partial charge in [-0.25, -0.2) is 0 Å². The minimum atomic E-state index is -0.315. The topological polar surface area (TPSA) is 82.8 Å². The second kappa shape index (κ2) is 6.47. The largest absolute Gasteiger partial charge is 0.493 e. The average molecular weight is 280 g/mol. The Morgan fingerprint density at radius 1 is 1.45 bits per heavy atom. The van der Waals surface area contributed by atoms with Crippen molar-refractivity contribution in [1.29, 1.82) is 0 Å². The van der Waals surface area contributed by atoms with Crippen LogP contribution in [0.1, 0.15) is 18.9 Å². The molecule has 110 valence electrons. The Kier molecular flexibility index (Phi) is 4.68. The molecular formula is C14H20N2O4. The summed E-state index contributed by atoms with van der Waals surface area (Å²) in [6.45, 7) is 3.57. The van der Waals surface area contributed by atoms with E-state index < -0.39 is 0 Å². The highest BCUT2D eigenvalue weighted by Crippen LogP contribution is 2.40. The van der Waals surface area contributed by atoms with Gasteiger partial charge >= 0.3 is 0 Å². The number of carbonyl (C=O) groups excluding carboxylic acids is 1. The predicted octanol–water partition coefficient (Wildman–Crippen LogP) is 0.820. The molecule has 0 radical (unpaired) electrons. The Bertz CT molecular complexity index is 473. The van der Waals surface area contributed by atoms with Crippen LogP contribution in [0.5, 0.6) is 17.2 Å². The molecule has 1 aliphatic rings. The third-order valence-corrected chi connectivity index (χ3v) is 3.05. The van der Waals surface area contributed by atoms with Gasteiger partial charge in [-0.3, -0.25) is 4.79 Å². The molecule has 1 aliphatic heterocycles. The van der Waals surface area contributed by atoms with E-state index in [2.05, 4.69) is 5.32 Å². The second-order valence-electron chi connectivity index (χ2n) is 4.77. The molecule has 3 N–H and O–H groups in total. The summed E-state index contributed by atoms with van der Waals surface area (Å²) in [5, 5.41) is 3.24. The van der Waals surface area contributed by atoms with Crippen LogP contribution in [0.15, 0.2) is 12.1 Å². The minimum absolute atomic E-state index is 0.0201. The van der Waals surface area contributed by atoms with Crippen molar-refractivity contribution in [2.45, 2.75) is 25.9 Å². The van der Waals surface area contributed by atoms with Crippen LogP contribution in [0.2, 0.25) is 0 Å². The maximum atomic E-state index is 10.8. The van der Waals surface area contributed by atoms with Crippen molar-refractivity contribution in [3.05, 3.63) is 17.7 Å². The summed E-state index contributed by atoms with van der Waals surface area (Å²) in [5.74, 6) is 1.67. The first-order chi connectivity index (χ1) is 9.60. The number of benzene rings is 1. The van der Waals surface area contributed by atoms with Crippen LogP contribution in [-0.2, 0) is 11.3 Å². The van der Waals surface area contributed by atoms with Crippen molar-refractivity contribution in [3.63, 3.8) is 0 Å². The van der Waals surface area contributed by atoms with Gasteiger partial charge in [-0.1, -0.05) is 0 Å². The monoisotopic (exact) mass is 280 g/mol. The molecule has 2 rings (SSSR count). The molecule has 0 saturated heterocycles. The van der Waals surface area contributed by atoms with E-state index in [9.17, 15) is 4.79 Å². The average Bonchev–Trinajstić information content (AvgIpc) is 2.43. The normalized spacial score (nSPS) is 14.7. The van der Waals surface area contributed by atoms with E-state index in [1.807, 2.05) is 19.1 Å². The van der Waals surface area contributed by atoms with Gasteiger partial charge in [-0.05, 0) is 24.6 Å². The maximum Gasteiger partial charge on any atom is 0.218 e. The van der Waals surface area contributed by atoms with E-state index in [1.54, 1.807) is 7.11 Å². The lowest BCUT2D eigenvalue weighted by molar-refractivity contribution is -0.118. The summed E-state index contributed by atoms with van der Waals surface area (Å²) in [6.07, 6.45) is 0.307. The molecule has 0 spiro atoms. The molecule has 1 unspecified atom stereocenters. The van der Waals surface area contributed by atoms with Gasteiger partial charge in [-0.2, -0.15) is 0 Å². The molecular weight excluding hydrogens is 260 g/mol. The number of hydrogen-bond donors (Lipinski definition) is 2. The molecule has 0 saturated carbocycles. The predicted molar refractivity (Wildman–Crippen MR) is 74.1 cm³/mol. The third kappa shape index (κ3) is 3.54. The molecule has 0 bridgehead atoms. The molecule has 20 heavy (non-hydrogen) atoms. The summed E-state index contributed by atoms with van der Waals surface area (Å²) in [4.78, 5) is 10.8. The highest BCUT2D eigenvalue weighted by atomic mass is 16.6. The molecule has 6 heteroatoms. The number of carbonyl (C=O) groups is 1. The molecule has 1 aromatic carbocycles. The lowest BCUT2D eigenvalue weighted by Crippen LogP contribution is -2.30. The highest BCUT2D eigenvalue weighted by molar-refractivity contribution is 5.74. The number of amides is 1. The summed E-state index contributed by atoms with van der Waals surface area (Å²) in [6, 6.07) is 3.84. The number of primary amides is 1. The lowest BCUT2D eigenvalue weighted by Gasteiger charge is -2.22. The Morgan fingerprint density at radius 3 is 2.90 bits per heavy atom. The van der Waals surface area contributed by atoms with Crippen LogP contribution in [0.25, 0.3) is 0 Å². The van der Waals surface area contributed by atoms with Crippen molar-refractivity contribution >= 4 is 5.91 Å². The van der Waals surface area contributed by atoms with Crippen LogP contribution in [0, 0.1) is 0 Å². The molecule has 1 atom stereocenters. The summed E-state index contributed by atoms with van der Waals surface area (Å²) < 4.78 is 16.4. The zero-order valence-electron chi connectivity index (χ0n) is 11.8. The van der Waals surface area contributed by atoms with E-state index in [1.165, 1.54) is 0 Å². The Morgan fingerprint density at radius 2 is 2.20 bits per heavy atom. The van der Waals surface area contributed by atoms with Gasteiger partial charge in [0.1, 0.15) is 13.2 Å². The zero-order valence-corrected chi connectivity index (χ0v) is 11.8. The summed E-state index contributed by atoms with van der Waals surface area (Å²) in [7, 11) is 1.60. The second-order valence-corrected chi connectivity index (χ2v) is 4.77. The number of methoxy groups -OCH3 is 1. The van der Waals surface area contributed by atoms with Crippen LogP contribution >= 0.6 is 0 Å². The Hall–Kier alpha value is -1.95. The maximum absolute atomic E-state index is 10.8. The Labute approximate surface area is 118 Å². The first-order valence-electron chi connectivity index (χ1n) is 6.58. The number of ether oxygens (including phenoxy) is 3. The van der Waals surface area contributed by atoms with Crippen molar-refractivity contribution in [2.24, 2.45) is 5.73 Å². The smallest absolute Gasteiger partial charge is 0.218 e. The van der Waals surface area contributed by atoms with Crippen LogP contribution in [0.4, 0.5) is 0 Å². The Balaban J connectivity index is 2.06. The first kappa shape index (κ1) is 14.5. The van der Waals surface area contributed by atoms with Gasteiger partial charge in [0.2, 0.25) is 11.7 Å². The fourth-order valence-corrected chi connectivity index (χ4v) is 2.10. The van der Waals surface area contributed by atoms with E-state index in [0.717, 1.165) is 5.56 Å². The molecule has 1 aromatic rings. The highest BCUT2D eigenvalue weighted by Gasteiger charge is 2.18.